The van der Waals surface area contributed by atoms with E-state index >= 15 is 0 Å². The molecule has 0 saturated heterocycles. The minimum atomic E-state index is 0.139. The van der Waals surface area contributed by atoms with Crippen LogP contribution >= 0.6 is 27.3 Å². The van der Waals surface area contributed by atoms with Gasteiger partial charge in [0.1, 0.15) is 0 Å². The quantitative estimate of drug-likeness (QED) is 0.774. The number of thiophene rings is 1. The van der Waals surface area contributed by atoms with Gasteiger partial charge in [0, 0.05) is 17.5 Å². The van der Waals surface area contributed by atoms with Crippen molar-refractivity contribution >= 4 is 27.3 Å². The second-order valence-electron chi connectivity index (χ2n) is 5.25. The van der Waals surface area contributed by atoms with Crippen LogP contribution in [-0.2, 0) is 6.54 Å². The minimum Gasteiger partial charge on any atom is -0.503 e. The third kappa shape index (κ3) is 3.99. The number of aromatic hydroxyl groups is 1. The van der Waals surface area contributed by atoms with Crippen LogP contribution in [0.5, 0.6) is 11.5 Å². The number of phenolic OH excluding ortho intramolecular Hbond substituents is 1. The molecule has 0 aliphatic heterocycles. The third-order valence-corrected chi connectivity index (χ3v) is 4.91. The molecule has 2 aromatic rings. The lowest BCUT2D eigenvalue weighted by Gasteiger charge is -2.21. The molecule has 1 aromatic carbocycles. The number of halogens is 1. The van der Waals surface area contributed by atoms with E-state index < -0.39 is 0 Å². The molecule has 0 radical (unpaired) electrons. The van der Waals surface area contributed by atoms with Gasteiger partial charge in [0.2, 0.25) is 0 Å². The summed E-state index contributed by atoms with van der Waals surface area (Å²) >= 11 is 5.13. The molecule has 0 aliphatic rings. The Morgan fingerprint density at radius 3 is 2.71 bits per heavy atom. The van der Waals surface area contributed by atoms with Crippen LogP contribution in [0.15, 0.2) is 34.1 Å². The monoisotopic (exact) mass is 369 g/mol. The molecule has 1 heterocycles. The minimum absolute atomic E-state index is 0.139. The Hall–Kier alpha value is -1.04. The summed E-state index contributed by atoms with van der Waals surface area (Å²) in [5.74, 6) is 1.13. The maximum Gasteiger partial charge on any atom is 0.172 e. The van der Waals surface area contributed by atoms with Crippen LogP contribution in [0.3, 0.4) is 0 Å². The first-order valence-electron chi connectivity index (χ1n) is 6.85. The summed E-state index contributed by atoms with van der Waals surface area (Å²) in [6.07, 6.45) is 0. The highest BCUT2D eigenvalue weighted by molar-refractivity contribution is 9.10. The average Bonchev–Trinajstić information content (AvgIpc) is 2.96. The number of ether oxygens (including phenoxy) is 1. The summed E-state index contributed by atoms with van der Waals surface area (Å²) in [6.45, 7) is 5.14. The zero-order chi connectivity index (χ0) is 15.4. The standard InChI is InChI=1S/C16H20BrNO2S/c1-10(2)15(14-5-4-6-21-14)18-9-11-7-12(17)16(19)13(8-11)20-3/h4-8,10,15,18-19H,9H2,1-3H3. The smallest absolute Gasteiger partial charge is 0.172 e. The number of nitrogens with one attached hydrogen (secondary N) is 1. The van der Waals surface area contributed by atoms with Crippen LogP contribution in [0.4, 0.5) is 0 Å². The highest BCUT2D eigenvalue weighted by atomic mass is 79.9. The molecule has 1 aromatic heterocycles. The number of phenols is 1. The SMILES string of the molecule is COc1cc(CNC(c2cccs2)C(C)C)cc(Br)c1O. The lowest BCUT2D eigenvalue weighted by Crippen LogP contribution is -2.24. The van der Waals surface area contributed by atoms with Gasteiger partial charge in [-0.3, -0.25) is 0 Å². The molecule has 0 aliphatic carbocycles. The Kier molecular flexibility index (Phi) is 5.67. The Morgan fingerprint density at radius 2 is 2.14 bits per heavy atom. The highest BCUT2D eigenvalue weighted by Crippen LogP contribution is 2.35. The van der Waals surface area contributed by atoms with E-state index in [-0.39, 0.29) is 5.75 Å². The van der Waals surface area contributed by atoms with E-state index in [9.17, 15) is 5.11 Å². The normalized spacial score (nSPS) is 12.6. The molecule has 0 amide bonds. The first-order chi connectivity index (χ1) is 10.0. The second kappa shape index (κ2) is 7.29. The average molecular weight is 370 g/mol. The van der Waals surface area contributed by atoms with Crippen molar-refractivity contribution in [2.45, 2.75) is 26.4 Å². The Bertz CT molecular complexity index is 584. The van der Waals surface area contributed by atoms with Gasteiger partial charge in [-0.25, -0.2) is 0 Å². The molecule has 1 atom stereocenters. The fourth-order valence-electron chi connectivity index (χ4n) is 2.25. The molecule has 3 nitrogen and oxygen atoms in total. The van der Waals surface area contributed by atoms with E-state index in [1.165, 1.54) is 4.88 Å². The number of methoxy groups -OCH3 is 1. The van der Waals surface area contributed by atoms with E-state index in [0.717, 1.165) is 12.1 Å². The molecule has 0 bridgehead atoms. The second-order valence-corrected chi connectivity index (χ2v) is 7.08. The van der Waals surface area contributed by atoms with Crippen molar-refractivity contribution in [2.75, 3.05) is 7.11 Å². The van der Waals surface area contributed by atoms with Gasteiger partial charge >= 0.3 is 0 Å². The van der Waals surface area contributed by atoms with E-state index in [0.29, 0.717) is 22.2 Å². The maximum absolute atomic E-state index is 9.85. The van der Waals surface area contributed by atoms with E-state index in [2.05, 4.69) is 52.6 Å². The highest BCUT2D eigenvalue weighted by Gasteiger charge is 2.17. The first-order valence-corrected chi connectivity index (χ1v) is 8.52. The third-order valence-electron chi connectivity index (χ3n) is 3.35. The molecule has 0 fully saturated rings. The van der Waals surface area contributed by atoms with Crippen molar-refractivity contribution in [1.82, 2.24) is 5.32 Å². The molecule has 0 saturated carbocycles. The van der Waals surface area contributed by atoms with Crippen LogP contribution in [0.2, 0.25) is 0 Å². The maximum atomic E-state index is 9.85. The summed E-state index contributed by atoms with van der Waals surface area (Å²) < 4.78 is 5.84. The number of rotatable bonds is 6. The molecule has 1 unspecified atom stereocenters. The van der Waals surface area contributed by atoms with Crippen LogP contribution in [0, 0.1) is 5.92 Å². The number of hydrogen-bond donors (Lipinski definition) is 2. The van der Waals surface area contributed by atoms with Gasteiger partial charge in [-0.1, -0.05) is 19.9 Å². The van der Waals surface area contributed by atoms with Gasteiger partial charge in [0.25, 0.3) is 0 Å². The van der Waals surface area contributed by atoms with Crippen molar-refractivity contribution < 1.29 is 9.84 Å². The summed E-state index contributed by atoms with van der Waals surface area (Å²) in [6, 6.07) is 8.34. The fraction of sp³-hybridized carbons (Fsp3) is 0.375. The molecule has 21 heavy (non-hydrogen) atoms. The van der Waals surface area contributed by atoms with Crippen molar-refractivity contribution in [3.8, 4) is 11.5 Å². The molecule has 2 rings (SSSR count). The van der Waals surface area contributed by atoms with Crippen molar-refractivity contribution in [2.24, 2.45) is 5.92 Å². The summed E-state index contributed by atoms with van der Waals surface area (Å²) in [4.78, 5) is 1.34. The number of hydrogen-bond acceptors (Lipinski definition) is 4. The molecular weight excluding hydrogens is 350 g/mol. The summed E-state index contributed by atoms with van der Waals surface area (Å²) in [7, 11) is 1.56. The predicted molar refractivity (Wildman–Crippen MR) is 91.1 cm³/mol. The molecular formula is C16H20BrNO2S. The zero-order valence-electron chi connectivity index (χ0n) is 12.4. The Balaban J connectivity index is 2.13. The van der Waals surface area contributed by atoms with Gasteiger partial charge in [-0.2, -0.15) is 0 Å². The number of benzene rings is 1. The van der Waals surface area contributed by atoms with Gasteiger partial charge in [0.15, 0.2) is 11.5 Å². The van der Waals surface area contributed by atoms with Crippen molar-refractivity contribution in [3.05, 3.63) is 44.6 Å². The molecule has 114 valence electrons. The molecule has 0 spiro atoms. The molecule has 5 heteroatoms. The van der Waals surface area contributed by atoms with Crippen LogP contribution in [0.25, 0.3) is 0 Å². The van der Waals surface area contributed by atoms with Crippen LogP contribution in [-0.4, -0.2) is 12.2 Å². The van der Waals surface area contributed by atoms with Gasteiger partial charge in [-0.05, 0) is 51.0 Å². The topological polar surface area (TPSA) is 41.5 Å². The first kappa shape index (κ1) is 16.3. The van der Waals surface area contributed by atoms with Crippen LogP contribution in [0.1, 0.15) is 30.3 Å². The summed E-state index contributed by atoms with van der Waals surface area (Å²) in [5.41, 5.74) is 1.07. The predicted octanol–water partition coefficient (Wildman–Crippen LogP) is 4.71. The lowest BCUT2D eigenvalue weighted by molar-refractivity contribution is 0.370. The van der Waals surface area contributed by atoms with Gasteiger partial charge in [-0.15, -0.1) is 11.3 Å². The summed E-state index contributed by atoms with van der Waals surface area (Å²) in [5, 5.41) is 15.5. The van der Waals surface area contributed by atoms with E-state index in [1.807, 2.05) is 12.1 Å². The van der Waals surface area contributed by atoms with Crippen molar-refractivity contribution in [3.63, 3.8) is 0 Å². The fourth-order valence-corrected chi connectivity index (χ4v) is 3.71. The molecule has 2 N–H and O–H groups in total. The van der Waals surface area contributed by atoms with Crippen LogP contribution < -0.4 is 10.1 Å². The van der Waals surface area contributed by atoms with Gasteiger partial charge < -0.3 is 15.2 Å². The zero-order valence-corrected chi connectivity index (χ0v) is 14.8. The van der Waals surface area contributed by atoms with E-state index in [4.69, 9.17) is 4.74 Å². The van der Waals surface area contributed by atoms with E-state index in [1.54, 1.807) is 18.4 Å². The Morgan fingerprint density at radius 1 is 1.38 bits per heavy atom. The van der Waals surface area contributed by atoms with Crippen molar-refractivity contribution in [1.29, 1.82) is 0 Å². The van der Waals surface area contributed by atoms with Gasteiger partial charge in [0.05, 0.1) is 11.6 Å². The lowest BCUT2D eigenvalue weighted by atomic mass is 10.0. The largest absolute Gasteiger partial charge is 0.503 e. The Labute approximate surface area is 138 Å².